The highest BCUT2D eigenvalue weighted by molar-refractivity contribution is 14.1. The van der Waals surface area contributed by atoms with E-state index in [0.29, 0.717) is 6.54 Å². The fourth-order valence-corrected chi connectivity index (χ4v) is 2.38. The molecule has 0 fully saturated rings. The highest BCUT2D eigenvalue weighted by Gasteiger charge is 2.14. The molecule has 0 aliphatic rings. The maximum absolute atomic E-state index is 6.33. The Balaban J connectivity index is 2.22. The third-order valence-corrected chi connectivity index (χ3v) is 3.99. The molecule has 2 aromatic carbocycles. The Labute approximate surface area is 145 Å². The monoisotopic (exact) mass is 415 g/mol. The molecule has 0 saturated carbocycles. The Bertz CT molecular complexity index is 605. The highest BCUT2D eigenvalue weighted by Crippen LogP contribution is 2.31. The number of halogens is 2. The van der Waals surface area contributed by atoms with Crippen LogP contribution in [0, 0.1) is 3.57 Å². The molecule has 0 radical (unpaired) electrons. The Hall–Kier alpha value is -0.780. The van der Waals surface area contributed by atoms with Gasteiger partial charge in [-0.25, -0.2) is 0 Å². The number of hydrogen-bond donors (Lipinski definition) is 1. The van der Waals surface area contributed by atoms with Gasteiger partial charge in [0.05, 0.1) is 0 Å². The van der Waals surface area contributed by atoms with Gasteiger partial charge in [-0.15, -0.1) is 0 Å². The first kappa shape index (κ1) is 16.6. The minimum Gasteiger partial charge on any atom is -0.457 e. The minimum absolute atomic E-state index is 0.0271. The summed E-state index contributed by atoms with van der Waals surface area (Å²) in [6.45, 7) is 7.05. The molecule has 21 heavy (non-hydrogen) atoms. The fraction of sp³-hybridized carbons (Fsp3) is 0.294. The second-order valence-corrected chi connectivity index (χ2v) is 7.53. The molecule has 1 N–H and O–H groups in total. The van der Waals surface area contributed by atoms with E-state index >= 15 is 0 Å². The molecule has 0 unspecified atom stereocenters. The van der Waals surface area contributed by atoms with E-state index in [-0.39, 0.29) is 5.54 Å². The molecule has 0 aliphatic heterocycles. The molecule has 0 aromatic heterocycles. The predicted molar refractivity (Wildman–Crippen MR) is 97.3 cm³/mol. The maximum atomic E-state index is 6.33. The third kappa shape index (κ3) is 5.16. The second-order valence-electron chi connectivity index (χ2n) is 5.88. The van der Waals surface area contributed by atoms with Gasteiger partial charge in [-0.3, -0.25) is 0 Å². The highest BCUT2D eigenvalue weighted by atomic mass is 127. The van der Waals surface area contributed by atoms with Crippen molar-refractivity contribution in [1.82, 2.24) is 5.32 Å². The van der Waals surface area contributed by atoms with Crippen LogP contribution in [0.25, 0.3) is 0 Å². The third-order valence-electron chi connectivity index (χ3n) is 2.91. The van der Waals surface area contributed by atoms with E-state index < -0.39 is 0 Å². The van der Waals surface area contributed by atoms with Crippen LogP contribution in [0.5, 0.6) is 11.5 Å². The van der Waals surface area contributed by atoms with Crippen LogP contribution in [0.2, 0.25) is 5.02 Å². The van der Waals surface area contributed by atoms with Crippen LogP contribution >= 0.6 is 34.2 Å². The smallest absolute Gasteiger partial charge is 0.133 e. The van der Waals surface area contributed by atoms with Crippen LogP contribution < -0.4 is 10.1 Å². The molecule has 0 saturated heterocycles. The largest absolute Gasteiger partial charge is 0.457 e. The van der Waals surface area contributed by atoms with Crippen LogP contribution in [0.1, 0.15) is 26.3 Å². The van der Waals surface area contributed by atoms with Crippen molar-refractivity contribution < 1.29 is 4.74 Å². The Kier molecular flexibility index (Phi) is 5.52. The molecular formula is C17H19ClINO. The molecule has 2 nitrogen and oxygen atoms in total. The van der Waals surface area contributed by atoms with Gasteiger partial charge in [0, 0.05) is 26.2 Å². The summed E-state index contributed by atoms with van der Waals surface area (Å²) >= 11 is 8.60. The second kappa shape index (κ2) is 6.99. The Morgan fingerprint density at radius 3 is 2.38 bits per heavy atom. The van der Waals surface area contributed by atoms with Gasteiger partial charge in [-0.2, -0.15) is 0 Å². The number of rotatable bonds is 4. The summed E-state index contributed by atoms with van der Waals surface area (Å²) in [5.41, 5.74) is 1.01. The van der Waals surface area contributed by atoms with Crippen molar-refractivity contribution in [3.8, 4) is 11.5 Å². The lowest BCUT2D eigenvalue weighted by Gasteiger charge is -2.22. The van der Waals surface area contributed by atoms with E-state index in [1.165, 1.54) is 3.57 Å². The van der Waals surface area contributed by atoms with E-state index in [2.05, 4.69) is 48.7 Å². The molecule has 0 bridgehead atoms. The summed E-state index contributed by atoms with van der Waals surface area (Å²) in [4.78, 5) is 0. The van der Waals surface area contributed by atoms with E-state index in [1.54, 1.807) is 0 Å². The van der Waals surface area contributed by atoms with Gasteiger partial charge < -0.3 is 10.1 Å². The van der Waals surface area contributed by atoms with Crippen LogP contribution in [0.15, 0.2) is 42.5 Å². The van der Waals surface area contributed by atoms with Gasteiger partial charge in [0.2, 0.25) is 0 Å². The normalized spacial score (nSPS) is 11.5. The summed E-state index contributed by atoms with van der Waals surface area (Å²) in [7, 11) is 0. The van der Waals surface area contributed by atoms with E-state index in [0.717, 1.165) is 22.1 Å². The van der Waals surface area contributed by atoms with Gasteiger partial charge in [-0.05, 0) is 79.8 Å². The first-order valence-corrected chi connectivity index (χ1v) is 8.27. The molecule has 0 aliphatic carbocycles. The summed E-state index contributed by atoms with van der Waals surface area (Å²) in [5, 5.41) is 4.17. The van der Waals surface area contributed by atoms with E-state index in [4.69, 9.17) is 16.3 Å². The summed E-state index contributed by atoms with van der Waals surface area (Å²) in [5.74, 6) is 1.61. The van der Waals surface area contributed by atoms with Crippen LogP contribution in [-0.2, 0) is 6.54 Å². The Morgan fingerprint density at radius 2 is 1.76 bits per heavy atom. The van der Waals surface area contributed by atoms with Crippen LogP contribution in [0.4, 0.5) is 0 Å². The van der Waals surface area contributed by atoms with Crippen molar-refractivity contribution in [3.63, 3.8) is 0 Å². The number of benzene rings is 2. The van der Waals surface area contributed by atoms with Crippen molar-refractivity contribution in [1.29, 1.82) is 0 Å². The molecular weight excluding hydrogens is 397 g/mol. The van der Waals surface area contributed by atoms with Crippen molar-refractivity contribution in [2.24, 2.45) is 0 Å². The Morgan fingerprint density at radius 1 is 1.10 bits per heavy atom. The summed E-state index contributed by atoms with van der Waals surface area (Å²) in [6, 6.07) is 13.7. The van der Waals surface area contributed by atoms with Crippen molar-refractivity contribution in [2.45, 2.75) is 32.9 Å². The van der Waals surface area contributed by atoms with Gasteiger partial charge >= 0.3 is 0 Å². The van der Waals surface area contributed by atoms with Crippen LogP contribution in [-0.4, -0.2) is 5.54 Å². The molecule has 2 aromatic rings. The number of ether oxygens (including phenoxy) is 1. The standard InChI is InChI=1S/C17H19ClINO/c1-17(2,3)20-11-14-15(18)5-4-6-16(14)21-13-9-7-12(19)8-10-13/h4-10,20H,11H2,1-3H3. The predicted octanol–water partition coefficient (Wildman–Crippen LogP) is 5.63. The van der Waals surface area contributed by atoms with Gasteiger partial charge in [-0.1, -0.05) is 17.7 Å². The zero-order valence-electron chi connectivity index (χ0n) is 12.4. The number of nitrogens with one attached hydrogen (secondary N) is 1. The van der Waals surface area contributed by atoms with Crippen molar-refractivity contribution in [3.05, 3.63) is 56.6 Å². The summed E-state index contributed by atoms with van der Waals surface area (Å²) in [6.07, 6.45) is 0. The zero-order chi connectivity index (χ0) is 15.5. The lowest BCUT2D eigenvalue weighted by molar-refractivity contribution is 0.414. The minimum atomic E-state index is 0.0271. The van der Waals surface area contributed by atoms with Gasteiger partial charge in [0.25, 0.3) is 0 Å². The zero-order valence-corrected chi connectivity index (χ0v) is 15.3. The molecule has 2 rings (SSSR count). The molecule has 112 valence electrons. The maximum Gasteiger partial charge on any atom is 0.133 e. The quantitative estimate of drug-likeness (QED) is 0.654. The van der Waals surface area contributed by atoms with Crippen molar-refractivity contribution in [2.75, 3.05) is 0 Å². The topological polar surface area (TPSA) is 21.3 Å². The van der Waals surface area contributed by atoms with Gasteiger partial charge in [0.15, 0.2) is 0 Å². The lowest BCUT2D eigenvalue weighted by atomic mass is 10.1. The summed E-state index contributed by atoms with van der Waals surface area (Å²) < 4.78 is 7.16. The molecule has 0 atom stereocenters. The van der Waals surface area contributed by atoms with Gasteiger partial charge in [0.1, 0.15) is 11.5 Å². The fourth-order valence-electron chi connectivity index (χ4n) is 1.79. The van der Waals surface area contributed by atoms with Crippen molar-refractivity contribution >= 4 is 34.2 Å². The molecule has 0 spiro atoms. The molecule has 0 amide bonds. The molecule has 4 heteroatoms. The lowest BCUT2D eigenvalue weighted by Crippen LogP contribution is -2.35. The SMILES string of the molecule is CC(C)(C)NCc1c(Cl)cccc1Oc1ccc(I)cc1. The average molecular weight is 416 g/mol. The molecule has 0 heterocycles. The number of hydrogen-bond acceptors (Lipinski definition) is 2. The van der Waals surface area contributed by atoms with Crippen LogP contribution in [0.3, 0.4) is 0 Å². The van der Waals surface area contributed by atoms with E-state index in [1.807, 2.05) is 42.5 Å². The first-order valence-electron chi connectivity index (χ1n) is 6.81. The first-order chi connectivity index (χ1) is 9.85. The average Bonchev–Trinajstić information content (AvgIpc) is 2.39. The van der Waals surface area contributed by atoms with E-state index in [9.17, 15) is 0 Å².